The summed E-state index contributed by atoms with van der Waals surface area (Å²) in [7, 11) is 0. The van der Waals surface area contributed by atoms with Crippen LogP contribution in [0.25, 0.3) is 10.2 Å². The van der Waals surface area contributed by atoms with E-state index in [-0.39, 0.29) is 12.5 Å². The van der Waals surface area contributed by atoms with E-state index in [4.69, 9.17) is 4.74 Å². The van der Waals surface area contributed by atoms with Crippen molar-refractivity contribution in [3.63, 3.8) is 0 Å². The van der Waals surface area contributed by atoms with Crippen LogP contribution >= 0.6 is 11.3 Å². The zero-order valence-electron chi connectivity index (χ0n) is 13.5. The van der Waals surface area contributed by atoms with E-state index in [9.17, 15) is 14.4 Å². The molecule has 26 heavy (non-hydrogen) atoms. The number of nitrogens with zero attached hydrogens (tertiary/aromatic N) is 2. The van der Waals surface area contributed by atoms with Crippen molar-refractivity contribution in [1.29, 1.82) is 0 Å². The highest BCUT2D eigenvalue weighted by Crippen LogP contribution is 2.29. The Kier molecular flexibility index (Phi) is 4.10. The minimum absolute atomic E-state index is 0.111. The Morgan fingerprint density at radius 1 is 1.23 bits per heavy atom. The summed E-state index contributed by atoms with van der Waals surface area (Å²) in [5.74, 6) is -1.35. The topological polar surface area (TPSA) is 88.6 Å². The van der Waals surface area contributed by atoms with Gasteiger partial charge in [0.15, 0.2) is 6.61 Å². The maximum absolute atomic E-state index is 12.5. The van der Waals surface area contributed by atoms with Crippen molar-refractivity contribution in [3.8, 4) is 0 Å². The van der Waals surface area contributed by atoms with Crippen LogP contribution in [0.2, 0.25) is 0 Å². The van der Waals surface area contributed by atoms with Gasteiger partial charge in [-0.05, 0) is 30.3 Å². The third-order valence-electron chi connectivity index (χ3n) is 3.97. The Morgan fingerprint density at radius 2 is 2.08 bits per heavy atom. The van der Waals surface area contributed by atoms with E-state index in [1.165, 1.54) is 16.2 Å². The summed E-state index contributed by atoms with van der Waals surface area (Å²) in [5.41, 5.74) is 3.99. The molecule has 2 aromatic carbocycles. The Labute approximate surface area is 152 Å². The molecule has 0 aliphatic carbocycles. The number of thiazole rings is 1. The van der Waals surface area contributed by atoms with Crippen molar-refractivity contribution in [3.05, 3.63) is 53.5 Å². The summed E-state index contributed by atoms with van der Waals surface area (Å²) in [6.45, 7) is -0.554. The van der Waals surface area contributed by atoms with Gasteiger partial charge in [0.1, 0.15) is 6.54 Å². The second kappa shape index (κ2) is 6.57. The van der Waals surface area contributed by atoms with Gasteiger partial charge < -0.3 is 10.1 Å². The highest BCUT2D eigenvalue weighted by molar-refractivity contribution is 7.16. The molecule has 1 aliphatic rings. The molecule has 0 radical (unpaired) electrons. The summed E-state index contributed by atoms with van der Waals surface area (Å²) in [6, 6.07) is 12.0. The Morgan fingerprint density at radius 3 is 2.96 bits per heavy atom. The molecule has 0 saturated heterocycles. The van der Waals surface area contributed by atoms with Crippen LogP contribution in [-0.4, -0.2) is 35.9 Å². The largest absolute Gasteiger partial charge is 0.452 e. The molecule has 0 bridgehead atoms. The fourth-order valence-corrected chi connectivity index (χ4v) is 3.44. The van der Waals surface area contributed by atoms with Crippen LogP contribution in [0.15, 0.2) is 48.0 Å². The van der Waals surface area contributed by atoms with E-state index in [1.54, 1.807) is 48.0 Å². The van der Waals surface area contributed by atoms with Crippen LogP contribution in [0.5, 0.6) is 0 Å². The van der Waals surface area contributed by atoms with Crippen molar-refractivity contribution in [2.24, 2.45) is 0 Å². The van der Waals surface area contributed by atoms with Crippen molar-refractivity contribution < 1.29 is 19.1 Å². The standard InChI is InChI=1S/C18H13N3O4S/c22-16-8-21(14-4-2-1-3-12(14)20-16)17(23)9-25-18(24)11-5-6-13-15(7-11)26-10-19-13/h1-7,10H,8-9H2,(H,20,22). The fraction of sp³-hybridized carbons (Fsp3) is 0.111. The number of rotatable bonds is 3. The molecular weight excluding hydrogens is 354 g/mol. The summed E-state index contributed by atoms with van der Waals surface area (Å²) < 4.78 is 6.01. The van der Waals surface area contributed by atoms with Gasteiger partial charge in [-0.25, -0.2) is 9.78 Å². The maximum atomic E-state index is 12.5. The summed E-state index contributed by atoms with van der Waals surface area (Å²) >= 11 is 1.42. The molecular formula is C18H13N3O4S. The molecule has 7 nitrogen and oxygen atoms in total. The lowest BCUT2D eigenvalue weighted by Crippen LogP contribution is -2.44. The van der Waals surface area contributed by atoms with Crippen LogP contribution < -0.4 is 10.2 Å². The van der Waals surface area contributed by atoms with Gasteiger partial charge >= 0.3 is 5.97 Å². The third-order valence-corrected chi connectivity index (χ3v) is 4.76. The molecule has 0 spiro atoms. The number of hydrogen-bond acceptors (Lipinski definition) is 6. The molecule has 0 unspecified atom stereocenters. The third kappa shape index (κ3) is 3.02. The number of carbonyl (C=O) groups is 3. The normalized spacial score (nSPS) is 13.2. The van der Waals surface area contributed by atoms with Gasteiger partial charge in [0.05, 0.1) is 32.7 Å². The van der Waals surface area contributed by atoms with Crippen molar-refractivity contribution in [1.82, 2.24) is 4.98 Å². The summed E-state index contributed by atoms with van der Waals surface area (Å²) in [5, 5.41) is 2.70. The number of carbonyl (C=O) groups excluding carboxylic acids is 3. The molecule has 3 aromatic rings. The monoisotopic (exact) mass is 367 g/mol. The number of aromatic nitrogens is 1. The highest BCUT2D eigenvalue weighted by atomic mass is 32.1. The van der Waals surface area contributed by atoms with Crippen LogP contribution in [0.3, 0.4) is 0 Å². The Balaban J connectivity index is 1.47. The zero-order chi connectivity index (χ0) is 18.1. The second-order valence-electron chi connectivity index (χ2n) is 5.66. The predicted molar refractivity (Wildman–Crippen MR) is 97.3 cm³/mol. The highest BCUT2D eigenvalue weighted by Gasteiger charge is 2.27. The number of nitrogens with one attached hydrogen (secondary N) is 1. The Bertz CT molecular complexity index is 1030. The van der Waals surface area contributed by atoms with Crippen LogP contribution in [-0.2, 0) is 14.3 Å². The first-order chi connectivity index (χ1) is 12.6. The van der Waals surface area contributed by atoms with E-state index >= 15 is 0 Å². The van der Waals surface area contributed by atoms with Crippen LogP contribution in [0.1, 0.15) is 10.4 Å². The summed E-state index contributed by atoms with van der Waals surface area (Å²) in [4.78, 5) is 41.9. The number of esters is 1. The fourth-order valence-electron chi connectivity index (χ4n) is 2.73. The lowest BCUT2D eigenvalue weighted by molar-refractivity contribution is -0.124. The average molecular weight is 367 g/mol. The molecule has 2 amide bonds. The molecule has 0 saturated carbocycles. The van der Waals surface area contributed by atoms with Gasteiger partial charge in [0, 0.05) is 0 Å². The van der Waals surface area contributed by atoms with Gasteiger partial charge in [0.2, 0.25) is 5.91 Å². The zero-order valence-corrected chi connectivity index (χ0v) is 14.3. The minimum atomic E-state index is -0.594. The molecule has 4 rings (SSSR count). The number of hydrogen-bond donors (Lipinski definition) is 1. The molecule has 0 fully saturated rings. The van der Waals surface area contributed by atoms with E-state index in [2.05, 4.69) is 10.3 Å². The van der Waals surface area contributed by atoms with E-state index < -0.39 is 18.5 Å². The number of amides is 2. The molecule has 1 aliphatic heterocycles. The first-order valence-corrected chi connectivity index (χ1v) is 8.69. The number of fused-ring (bicyclic) bond motifs is 2. The quantitative estimate of drug-likeness (QED) is 0.718. The molecule has 8 heteroatoms. The van der Waals surface area contributed by atoms with Gasteiger partial charge in [-0.2, -0.15) is 0 Å². The van der Waals surface area contributed by atoms with Crippen molar-refractivity contribution in [2.45, 2.75) is 0 Å². The lowest BCUT2D eigenvalue weighted by atomic mass is 10.2. The lowest BCUT2D eigenvalue weighted by Gasteiger charge is -2.28. The molecule has 2 heterocycles. The molecule has 1 aromatic heterocycles. The Hall–Kier alpha value is -3.26. The second-order valence-corrected chi connectivity index (χ2v) is 6.54. The average Bonchev–Trinajstić information content (AvgIpc) is 3.12. The molecule has 0 atom stereocenters. The predicted octanol–water partition coefficient (Wildman–Crippen LogP) is 2.44. The van der Waals surface area contributed by atoms with Crippen molar-refractivity contribution in [2.75, 3.05) is 23.4 Å². The number of para-hydroxylation sites is 2. The van der Waals surface area contributed by atoms with E-state index in [0.717, 1.165) is 10.2 Å². The van der Waals surface area contributed by atoms with Crippen LogP contribution in [0.4, 0.5) is 11.4 Å². The van der Waals surface area contributed by atoms with Crippen LogP contribution in [0, 0.1) is 0 Å². The first-order valence-electron chi connectivity index (χ1n) is 7.81. The minimum Gasteiger partial charge on any atom is -0.452 e. The first kappa shape index (κ1) is 16.2. The van der Waals surface area contributed by atoms with Gasteiger partial charge in [-0.3, -0.25) is 14.5 Å². The van der Waals surface area contributed by atoms with Gasteiger partial charge in [0.25, 0.3) is 5.91 Å². The van der Waals surface area contributed by atoms with Gasteiger partial charge in [-0.1, -0.05) is 12.1 Å². The summed E-state index contributed by atoms with van der Waals surface area (Å²) in [6.07, 6.45) is 0. The van der Waals surface area contributed by atoms with Crippen molar-refractivity contribution >= 4 is 50.7 Å². The molecule has 1 N–H and O–H groups in total. The SMILES string of the molecule is O=C1CN(C(=O)COC(=O)c2ccc3ncsc3c2)c2ccccc2N1. The van der Waals surface area contributed by atoms with E-state index in [1.807, 2.05) is 0 Å². The number of anilines is 2. The number of ether oxygens (including phenoxy) is 1. The molecule has 130 valence electrons. The van der Waals surface area contributed by atoms with Gasteiger partial charge in [-0.15, -0.1) is 11.3 Å². The smallest absolute Gasteiger partial charge is 0.338 e. The van der Waals surface area contributed by atoms with E-state index in [0.29, 0.717) is 16.9 Å². The maximum Gasteiger partial charge on any atom is 0.338 e. The number of benzene rings is 2.